The molecule has 0 atom stereocenters. The minimum absolute atomic E-state index is 0.103. The number of carboxylic acid groups (broad SMARTS) is 1. The van der Waals surface area contributed by atoms with Gasteiger partial charge in [0.1, 0.15) is 12.6 Å². The Bertz CT molecular complexity index is 200. The zero-order chi connectivity index (χ0) is 11.7. The van der Waals surface area contributed by atoms with Gasteiger partial charge < -0.3 is 15.2 Å². The first-order chi connectivity index (χ1) is 7.10. The molecule has 0 saturated heterocycles. The first-order valence-corrected chi connectivity index (χ1v) is 5.26. The Balaban J connectivity index is 3.82. The summed E-state index contributed by atoms with van der Waals surface area (Å²) >= 11 is 0. The molecule has 0 spiro atoms. The van der Waals surface area contributed by atoms with E-state index in [1.165, 1.54) is 0 Å². The van der Waals surface area contributed by atoms with Crippen LogP contribution in [0.15, 0.2) is 0 Å². The summed E-state index contributed by atoms with van der Waals surface area (Å²) in [6.07, 6.45) is 2.76. The van der Waals surface area contributed by atoms with Crippen LogP contribution in [0.3, 0.4) is 0 Å². The zero-order valence-electron chi connectivity index (χ0n) is 9.28. The van der Waals surface area contributed by atoms with Gasteiger partial charge in [-0.2, -0.15) is 0 Å². The molecule has 0 aromatic carbocycles. The van der Waals surface area contributed by atoms with Crippen molar-refractivity contribution in [2.24, 2.45) is 0 Å². The third kappa shape index (κ3) is 7.78. The monoisotopic (exact) mass is 217 g/mol. The van der Waals surface area contributed by atoms with Crippen LogP contribution in [0.5, 0.6) is 0 Å². The number of carboxylic acids is 1. The molecule has 0 saturated carbocycles. The van der Waals surface area contributed by atoms with Crippen molar-refractivity contribution in [3.63, 3.8) is 0 Å². The molecule has 0 unspecified atom stereocenters. The van der Waals surface area contributed by atoms with Gasteiger partial charge >= 0.3 is 12.1 Å². The van der Waals surface area contributed by atoms with Gasteiger partial charge in [-0.05, 0) is 12.8 Å². The second-order valence-corrected chi connectivity index (χ2v) is 3.35. The number of hydrogen-bond acceptors (Lipinski definition) is 3. The van der Waals surface area contributed by atoms with E-state index < -0.39 is 18.6 Å². The number of hydrogen-bond donors (Lipinski definition) is 2. The van der Waals surface area contributed by atoms with Gasteiger partial charge in [0.25, 0.3) is 0 Å². The normalized spacial score (nSPS) is 10.1. The molecule has 0 aliphatic heterocycles. The average Bonchev–Trinajstić information content (AvgIpc) is 2.15. The SMILES string of the molecule is CCCC(CCC)OC(=O)NCC(=O)O. The molecule has 5 nitrogen and oxygen atoms in total. The number of alkyl carbamates (subject to hydrolysis) is 1. The van der Waals surface area contributed by atoms with Crippen LogP contribution in [-0.2, 0) is 9.53 Å². The highest BCUT2D eigenvalue weighted by Gasteiger charge is 2.12. The molecular formula is C10H19NO4. The molecule has 0 rings (SSSR count). The molecule has 5 heteroatoms. The van der Waals surface area contributed by atoms with Crippen molar-refractivity contribution in [3.05, 3.63) is 0 Å². The highest BCUT2D eigenvalue weighted by Crippen LogP contribution is 2.09. The van der Waals surface area contributed by atoms with E-state index in [4.69, 9.17) is 9.84 Å². The van der Waals surface area contributed by atoms with E-state index in [1.807, 2.05) is 13.8 Å². The molecule has 0 aromatic heterocycles. The van der Waals surface area contributed by atoms with E-state index in [9.17, 15) is 9.59 Å². The van der Waals surface area contributed by atoms with Gasteiger partial charge in [-0.1, -0.05) is 26.7 Å². The summed E-state index contributed by atoms with van der Waals surface area (Å²) in [4.78, 5) is 21.3. The molecule has 1 amide bonds. The standard InChI is InChI=1S/C10H19NO4/c1-3-5-8(6-4-2)15-10(14)11-7-9(12)13/h8H,3-7H2,1-2H3,(H,11,14)(H,12,13). The first-order valence-electron chi connectivity index (χ1n) is 5.26. The second-order valence-electron chi connectivity index (χ2n) is 3.35. The highest BCUT2D eigenvalue weighted by molar-refractivity contribution is 5.76. The number of carbonyl (C=O) groups is 2. The Labute approximate surface area is 89.8 Å². The zero-order valence-corrected chi connectivity index (χ0v) is 9.28. The van der Waals surface area contributed by atoms with Crippen molar-refractivity contribution in [2.75, 3.05) is 6.54 Å². The van der Waals surface area contributed by atoms with Crippen LogP contribution >= 0.6 is 0 Å². The second kappa shape index (κ2) is 8.08. The summed E-state index contributed by atoms with van der Waals surface area (Å²) in [7, 11) is 0. The number of ether oxygens (including phenoxy) is 1. The molecule has 0 aromatic rings. The summed E-state index contributed by atoms with van der Waals surface area (Å²) in [6, 6.07) is 0. The summed E-state index contributed by atoms with van der Waals surface area (Å²) in [6.45, 7) is 3.63. The van der Waals surface area contributed by atoms with Gasteiger partial charge in [-0.25, -0.2) is 4.79 Å². The fourth-order valence-electron chi connectivity index (χ4n) is 1.25. The number of nitrogens with one attached hydrogen (secondary N) is 1. The van der Waals surface area contributed by atoms with Crippen LogP contribution in [0.4, 0.5) is 4.79 Å². The third-order valence-corrected chi connectivity index (χ3v) is 1.88. The molecule has 0 heterocycles. The van der Waals surface area contributed by atoms with Crippen molar-refractivity contribution in [1.29, 1.82) is 0 Å². The lowest BCUT2D eigenvalue weighted by molar-refractivity contribution is -0.135. The quantitative estimate of drug-likeness (QED) is 0.681. The molecule has 0 fully saturated rings. The largest absolute Gasteiger partial charge is 0.480 e. The third-order valence-electron chi connectivity index (χ3n) is 1.88. The lowest BCUT2D eigenvalue weighted by Crippen LogP contribution is -2.32. The number of aliphatic carboxylic acids is 1. The van der Waals surface area contributed by atoms with Gasteiger partial charge in [0.2, 0.25) is 0 Å². The van der Waals surface area contributed by atoms with E-state index in [0.29, 0.717) is 0 Å². The lowest BCUT2D eigenvalue weighted by Gasteiger charge is -2.16. The average molecular weight is 217 g/mol. The molecule has 15 heavy (non-hydrogen) atoms. The fraction of sp³-hybridized carbons (Fsp3) is 0.800. The molecule has 0 bridgehead atoms. The van der Waals surface area contributed by atoms with Crippen molar-refractivity contribution in [3.8, 4) is 0 Å². The van der Waals surface area contributed by atoms with Crippen LogP contribution in [-0.4, -0.2) is 29.8 Å². The molecule has 88 valence electrons. The predicted molar refractivity (Wildman–Crippen MR) is 55.7 cm³/mol. The molecule has 2 N–H and O–H groups in total. The van der Waals surface area contributed by atoms with Gasteiger partial charge in [0, 0.05) is 0 Å². The van der Waals surface area contributed by atoms with E-state index in [1.54, 1.807) is 0 Å². The minimum Gasteiger partial charge on any atom is -0.480 e. The summed E-state index contributed by atoms with van der Waals surface area (Å²) in [5.41, 5.74) is 0. The topological polar surface area (TPSA) is 75.6 Å². The molecule has 0 aliphatic rings. The van der Waals surface area contributed by atoms with E-state index in [2.05, 4.69) is 5.32 Å². The van der Waals surface area contributed by atoms with Gasteiger partial charge in [-0.3, -0.25) is 4.79 Å². The van der Waals surface area contributed by atoms with E-state index >= 15 is 0 Å². The smallest absolute Gasteiger partial charge is 0.407 e. The van der Waals surface area contributed by atoms with Crippen LogP contribution in [0.1, 0.15) is 39.5 Å². The Kier molecular flexibility index (Phi) is 7.40. The maximum atomic E-state index is 11.1. The van der Waals surface area contributed by atoms with Crippen molar-refractivity contribution in [1.82, 2.24) is 5.32 Å². The van der Waals surface area contributed by atoms with Crippen LogP contribution in [0, 0.1) is 0 Å². The Morgan fingerprint density at radius 3 is 2.20 bits per heavy atom. The Morgan fingerprint density at radius 2 is 1.80 bits per heavy atom. The Hall–Kier alpha value is -1.26. The predicted octanol–water partition coefficient (Wildman–Crippen LogP) is 1.77. The number of amides is 1. The lowest BCUT2D eigenvalue weighted by atomic mass is 10.1. The summed E-state index contributed by atoms with van der Waals surface area (Å²) < 4.78 is 5.07. The van der Waals surface area contributed by atoms with Crippen LogP contribution in [0.25, 0.3) is 0 Å². The highest BCUT2D eigenvalue weighted by atomic mass is 16.6. The van der Waals surface area contributed by atoms with Crippen molar-refractivity contribution in [2.45, 2.75) is 45.6 Å². The van der Waals surface area contributed by atoms with Crippen LogP contribution < -0.4 is 5.32 Å². The maximum absolute atomic E-state index is 11.1. The molecule has 0 aliphatic carbocycles. The molecular weight excluding hydrogens is 198 g/mol. The first kappa shape index (κ1) is 13.7. The molecule has 0 radical (unpaired) electrons. The Morgan fingerprint density at radius 1 is 1.27 bits per heavy atom. The van der Waals surface area contributed by atoms with Crippen molar-refractivity contribution < 1.29 is 19.4 Å². The number of rotatable bonds is 7. The summed E-state index contributed by atoms with van der Waals surface area (Å²) in [5.74, 6) is -1.07. The van der Waals surface area contributed by atoms with Gasteiger partial charge in [0.15, 0.2) is 0 Å². The maximum Gasteiger partial charge on any atom is 0.407 e. The van der Waals surface area contributed by atoms with Crippen molar-refractivity contribution >= 4 is 12.1 Å². The summed E-state index contributed by atoms with van der Waals surface area (Å²) in [5, 5.41) is 10.5. The van der Waals surface area contributed by atoms with Crippen LogP contribution in [0.2, 0.25) is 0 Å². The number of carbonyl (C=O) groups excluding carboxylic acids is 1. The van der Waals surface area contributed by atoms with E-state index in [0.717, 1.165) is 25.7 Å². The van der Waals surface area contributed by atoms with Gasteiger partial charge in [-0.15, -0.1) is 0 Å². The minimum atomic E-state index is -1.07. The fourth-order valence-corrected chi connectivity index (χ4v) is 1.25. The van der Waals surface area contributed by atoms with E-state index in [-0.39, 0.29) is 6.10 Å². The van der Waals surface area contributed by atoms with Gasteiger partial charge in [0.05, 0.1) is 0 Å².